The van der Waals surface area contributed by atoms with E-state index in [1.54, 1.807) is 0 Å². The lowest BCUT2D eigenvalue weighted by atomic mass is 9.92. The molecule has 0 bridgehead atoms. The zero-order valence-electron chi connectivity index (χ0n) is 19.9. The Morgan fingerprint density at radius 1 is 0.676 bits per heavy atom. The van der Waals surface area contributed by atoms with Crippen LogP contribution < -0.4 is 0 Å². The van der Waals surface area contributed by atoms with Crippen LogP contribution in [0.2, 0.25) is 0 Å². The van der Waals surface area contributed by atoms with E-state index in [0.29, 0.717) is 0 Å². The van der Waals surface area contributed by atoms with Gasteiger partial charge < -0.3 is 4.57 Å². The summed E-state index contributed by atoms with van der Waals surface area (Å²) < 4.78 is 4.67. The number of nitrogens with zero attached hydrogens (tertiary/aromatic N) is 4. The van der Waals surface area contributed by atoms with Gasteiger partial charge in [0.1, 0.15) is 5.65 Å². The van der Waals surface area contributed by atoms with Gasteiger partial charge in [-0.05, 0) is 47.4 Å². The Hall–Kier alpha value is -4.96. The maximum absolute atomic E-state index is 4.92. The topological polar surface area (TPSA) is 35.1 Å². The Bertz CT molecular complexity index is 2220. The number of aromatic nitrogens is 4. The highest BCUT2D eigenvalue weighted by Crippen LogP contribution is 2.51. The molecule has 0 N–H and O–H groups in total. The van der Waals surface area contributed by atoms with E-state index >= 15 is 0 Å². The summed E-state index contributed by atoms with van der Waals surface area (Å²) in [6, 6.07) is 30.6. The van der Waals surface area contributed by atoms with Gasteiger partial charge >= 0.3 is 0 Å². The number of hydrogen-bond acceptors (Lipinski definition) is 2. The van der Waals surface area contributed by atoms with E-state index in [1.165, 1.54) is 65.9 Å². The molecule has 4 heteroatoms. The van der Waals surface area contributed by atoms with Crippen molar-refractivity contribution in [1.82, 2.24) is 18.9 Å². The molecule has 4 nitrogen and oxygen atoms in total. The van der Waals surface area contributed by atoms with E-state index < -0.39 is 0 Å². The number of fused-ring (bicyclic) bond motifs is 15. The fourth-order valence-corrected chi connectivity index (χ4v) is 6.68. The van der Waals surface area contributed by atoms with E-state index in [0.717, 1.165) is 17.6 Å². The normalized spacial score (nSPS) is 12.8. The van der Waals surface area contributed by atoms with Gasteiger partial charge in [0.05, 0.1) is 22.7 Å². The number of imidazole rings is 1. The van der Waals surface area contributed by atoms with Crippen molar-refractivity contribution in [1.29, 1.82) is 0 Å². The van der Waals surface area contributed by atoms with Gasteiger partial charge in [-0.3, -0.25) is 9.38 Å². The lowest BCUT2D eigenvalue weighted by Gasteiger charge is -2.16. The SMILES string of the molecule is c1ccc(-n2c3ccccc3c3c4c5ccncc5n5ccnc5c4c4c(c32)-c2ccccc2C4)cc1. The average molecular weight is 473 g/mol. The number of para-hydroxylation sites is 2. The smallest absolute Gasteiger partial charge is 0.145 e. The minimum atomic E-state index is 0.896. The lowest BCUT2D eigenvalue weighted by molar-refractivity contribution is 1.18. The molecule has 172 valence electrons. The van der Waals surface area contributed by atoms with Crippen molar-refractivity contribution in [3.8, 4) is 16.8 Å². The van der Waals surface area contributed by atoms with Crippen LogP contribution >= 0.6 is 0 Å². The van der Waals surface area contributed by atoms with Crippen LogP contribution in [0.15, 0.2) is 110 Å². The molecule has 0 amide bonds. The number of hydrogen-bond donors (Lipinski definition) is 0. The van der Waals surface area contributed by atoms with Crippen LogP contribution in [0, 0.1) is 0 Å². The Morgan fingerprint density at radius 3 is 2.43 bits per heavy atom. The molecule has 0 aliphatic heterocycles. The zero-order chi connectivity index (χ0) is 24.1. The van der Waals surface area contributed by atoms with Gasteiger partial charge in [-0.15, -0.1) is 0 Å². The van der Waals surface area contributed by atoms with Crippen molar-refractivity contribution < 1.29 is 0 Å². The Labute approximate surface area is 212 Å². The van der Waals surface area contributed by atoms with Gasteiger partial charge in [0.25, 0.3) is 0 Å². The molecule has 4 aromatic heterocycles. The van der Waals surface area contributed by atoms with Crippen molar-refractivity contribution >= 4 is 49.1 Å². The van der Waals surface area contributed by atoms with Gasteiger partial charge in [-0.25, -0.2) is 4.98 Å². The standard InChI is InChI=1S/C33H20N4/c1-2-9-21(10-3-1)37-26-13-7-6-12-23(26)30-29-24-14-15-34-19-27(24)36-17-16-35-33(36)31(29)25-18-20-8-4-5-11-22(20)28(25)32(30)37/h1-17,19H,18H2. The second-order valence-corrected chi connectivity index (χ2v) is 9.86. The van der Waals surface area contributed by atoms with Crippen molar-refractivity contribution in [2.24, 2.45) is 0 Å². The van der Waals surface area contributed by atoms with E-state index in [1.807, 2.05) is 18.6 Å². The molecule has 0 unspecified atom stereocenters. The minimum absolute atomic E-state index is 0.896. The number of pyridine rings is 2. The first-order valence-electron chi connectivity index (χ1n) is 12.6. The van der Waals surface area contributed by atoms with E-state index in [4.69, 9.17) is 4.98 Å². The molecule has 4 heterocycles. The summed E-state index contributed by atoms with van der Waals surface area (Å²) in [5.74, 6) is 0. The lowest BCUT2D eigenvalue weighted by Crippen LogP contribution is -1.99. The first-order chi connectivity index (χ1) is 18.4. The molecule has 9 rings (SSSR count). The van der Waals surface area contributed by atoms with Crippen LogP contribution in [-0.2, 0) is 6.42 Å². The predicted octanol–water partition coefficient (Wildman–Crippen LogP) is 7.70. The Kier molecular flexibility index (Phi) is 3.55. The molecule has 1 aliphatic carbocycles. The quantitative estimate of drug-likeness (QED) is 0.229. The average Bonchev–Trinajstić information content (AvgIpc) is 3.67. The fraction of sp³-hybridized carbons (Fsp3) is 0.0303. The molecule has 0 radical (unpaired) electrons. The highest BCUT2D eigenvalue weighted by molar-refractivity contribution is 6.34. The molecule has 1 aliphatic rings. The second kappa shape index (κ2) is 6.83. The number of rotatable bonds is 1. The summed E-state index contributed by atoms with van der Waals surface area (Å²) in [6.45, 7) is 0. The summed E-state index contributed by atoms with van der Waals surface area (Å²) in [7, 11) is 0. The van der Waals surface area contributed by atoms with Crippen LogP contribution in [0.25, 0.3) is 65.9 Å². The molecule has 8 aromatic rings. The van der Waals surface area contributed by atoms with Crippen molar-refractivity contribution in [2.45, 2.75) is 6.42 Å². The van der Waals surface area contributed by atoms with Crippen molar-refractivity contribution in [3.05, 3.63) is 121 Å². The second-order valence-electron chi connectivity index (χ2n) is 9.86. The maximum atomic E-state index is 4.92. The first-order valence-corrected chi connectivity index (χ1v) is 12.6. The Balaban J connectivity index is 1.69. The summed E-state index contributed by atoms with van der Waals surface area (Å²) >= 11 is 0. The van der Waals surface area contributed by atoms with Crippen LogP contribution in [0.5, 0.6) is 0 Å². The summed E-state index contributed by atoms with van der Waals surface area (Å²) in [4.78, 5) is 9.41. The van der Waals surface area contributed by atoms with E-state index in [2.05, 4.69) is 105 Å². The highest BCUT2D eigenvalue weighted by Gasteiger charge is 2.30. The van der Waals surface area contributed by atoms with E-state index in [-0.39, 0.29) is 0 Å². The van der Waals surface area contributed by atoms with Crippen LogP contribution in [0.3, 0.4) is 0 Å². The van der Waals surface area contributed by atoms with Gasteiger partial charge in [-0.1, -0.05) is 60.7 Å². The van der Waals surface area contributed by atoms with Gasteiger partial charge in [0.15, 0.2) is 0 Å². The van der Waals surface area contributed by atoms with Crippen LogP contribution in [0.1, 0.15) is 11.1 Å². The highest BCUT2D eigenvalue weighted by atomic mass is 15.0. The summed E-state index contributed by atoms with van der Waals surface area (Å²) in [5, 5.41) is 6.26. The Morgan fingerprint density at radius 2 is 1.49 bits per heavy atom. The third-order valence-electron chi connectivity index (χ3n) is 8.08. The third kappa shape index (κ3) is 2.33. The summed E-state index contributed by atoms with van der Waals surface area (Å²) in [6.07, 6.45) is 8.74. The third-order valence-corrected chi connectivity index (χ3v) is 8.08. The van der Waals surface area contributed by atoms with Gasteiger partial charge in [0, 0.05) is 56.8 Å². The fourth-order valence-electron chi connectivity index (χ4n) is 6.68. The molecule has 0 atom stereocenters. The van der Waals surface area contributed by atoms with Gasteiger partial charge in [-0.2, -0.15) is 0 Å². The molecule has 4 aromatic carbocycles. The van der Waals surface area contributed by atoms with Crippen LogP contribution in [-0.4, -0.2) is 18.9 Å². The molecule has 0 saturated heterocycles. The molecule has 37 heavy (non-hydrogen) atoms. The predicted molar refractivity (Wildman–Crippen MR) is 151 cm³/mol. The van der Waals surface area contributed by atoms with Gasteiger partial charge in [0.2, 0.25) is 0 Å². The largest absolute Gasteiger partial charge is 0.309 e. The first kappa shape index (κ1) is 19.3. The monoisotopic (exact) mass is 472 g/mol. The van der Waals surface area contributed by atoms with Crippen LogP contribution in [0.4, 0.5) is 0 Å². The van der Waals surface area contributed by atoms with Crippen molar-refractivity contribution in [2.75, 3.05) is 0 Å². The zero-order valence-corrected chi connectivity index (χ0v) is 19.9. The number of benzene rings is 4. The van der Waals surface area contributed by atoms with E-state index in [9.17, 15) is 0 Å². The maximum Gasteiger partial charge on any atom is 0.145 e. The molecule has 0 fully saturated rings. The van der Waals surface area contributed by atoms with Crippen molar-refractivity contribution in [3.63, 3.8) is 0 Å². The molecule has 0 saturated carbocycles. The molecule has 0 spiro atoms. The minimum Gasteiger partial charge on any atom is -0.309 e. The summed E-state index contributed by atoms with van der Waals surface area (Å²) in [5.41, 5.74) is 11.1. The molecular weight excluding hydrogens is 452 g/mol. The molecular formula is C33H20N4.